The van der Waals surface area contributed by atoms with E-state index in [9.17, 15) is 18.3 Å². The Kier molecular flexibility index (Phi) is 5.93. The number of ether oxygens (including phenoxy) is 1. The summed E-state index contributed by atoms with van der Waals surface area (Å²) in [6.07, 6.45) is -2.07. The van der Waals surface area contributed by atoms with Crippen LogP contribution >= 0.6 is 11.9 Å². The fourth-order valence-electron chi connectivity index (χ4n) is 4.08. The number of halogens is 3. The van der Waals surface area contributed by atoms with Gasteiger partial charge < -0.3 is 14.1 Å². The lowest BCUT2D eigenvalue weighted by atomic mass is 9.75. The maximum absolute atomic E-state index is 13.8. The van der Waals surface area contributed by atoms with Crippen LogP contribution in [0.3, 0.4) is 0 Å². The molecule has 0 bridgehead atoms. The van der Waals surface area contributed by atoms with Crippen LogP contribution in [0.2, 0.25) is 0 Å². The van der Waals surface area contributed by atoms with Gasteiger partial charge in [0.1, 0.15) is 0 Å². The van der Waals surface area contributed by atoms with E-state index in [0.717, 1.165) is 17.1 Å². The molecule has 154 valence electrons. The van der Waals surface area contributed by atoms with E-state index in [1.807, 2.05) is 38.1 Å². The number of nitrogens with zero attached hydrogens (tertiary/aromatic N) is 2. The predicted octanol–water partition coefficient (Wildman–Crippen LogP) is 4.49. The van der Waals surface area contributed by atoms with E-state index in [-0.39, 0.29) is 12.3 Å². The number of alkyl halides is 3. The second kappa shape index (κ2) is 7.61. The van der Waals surface area contributed by atoms with Gasteiger partial charge in [0, 0.05) is 25.2 Å². The van der Waals surface area contributed by atoms with E-state index >= 15 is 0 Å². The Balaban J connectivity index is 1.72. The topological polar surface area (TPSA) is 35.7 Å². The van der Waals surface area contributed by atoms with E-state index in [4.69, 9.17) is 4.74 Å². The molecule has 1 aliphatic carbocycles. The van der Waals surface area contributed by atoms with Gasteiger partial charge in [-0.05, 0) is 70.1 Å². The second-order valence-corrected chi connectivity index (χ2v) is 9.53. The monoisotopic (exact) mass is 406 g/mol. The van der Waals surface area contributed by atoms with Crippen LogP contribution in [-0.4, -0.2) is 51.5 Å². The fourth-order valence-corrected chi connectivity index (χ4v) is 4.59. The second-order valence-electron chi connectivity index (χ2n) is 8.58. The van der Waals surface area contributed by atoms with Crippen molar-refractivity contribution < 1.29 is 23.0 Å². The first-order valence-electron chi connectivity index (χ1n) is 9.44. The molecule has 2 atom stereocenters. The molecule has 0 radical (unpaired) electrons. The van der Waals surface area contributed by atoms with Crippen LogP contribution in [0.15, 0.2) is 22.9 Å². The Labute approximate surface area is 163 Å². The van der Waals surface area contributed by atoms with Gasteiger partial charge in [0.25, 0.3) is 0 Å². The summed E-state index contributed by atoms with van der Waals surface area (Å²) in [7, 11) is 0. The smallest absolute Gasteiger partial charge is 0.356 e. The van der Waals surface area contributed by atoms with Gasteiger partial charge in [0.05, 0.1) is 17.4 Å². The first kappa shape index (κ1) is 21.0. The van der Waals surface area contributed by atoms with Gasteiger partial charge in [-0.25, -0.2) is 0 Å². The highest BCUT2D eigenvalue weighted by Crippen LogP contribution is 2.49. The number of rotatable bonds is 4. The molecule has 0 aromatic rings. The quantitative estimate of drug-likeness (QED) is 0.423. The van der Waals surface area contributed by atoms with Crippen molar-refractivity contribution in [2.45, 2.75) is 65.1 Å². The van der Waals surface area contributed by atoms with E-state index in [2.05, 4.69) is 0 Å². The zero-order chi connectivity index (χ0) is 20.0. The Bertz CT molecular complexity index is 615. The summed E-state index contributed by atoms with van der Waals surface area (Å²) in [5, 5.41) is 10.2. The molecule has 2 aliphatic heterocycles. The molecule has 3 aliphatic rings. The van der Waals surface area contributed by atoms with Crippen molar-refractivity contribution >= 4 is 11.9 Å². The molecule has 0 amide bonds. The summed E-state index contributed by atoms with van der Waals surface area (Å²) in [5.74, 6) is -0.719. The number of piperidine rings is 1. The number of hydrogen-bond donors (Lipinski definition) is 1. The molecule has 1 N–H and O–H groups in total. The van der Waals surface area contributed by atoms with E-state index in [1.165, 1.54) is 0 Å². The predicted molar refractivity (Wildman–Crippen MR) is 100 cm³/mol. The van der Waals surface area contributed by atoms with Crippen molar-refractivity contribution in [3.8, 4) is 0 Å². The number of aliphatic hydroxyl groups is 1. The first-order valence-corrected chi connectivity index (χ1v) is 10.4. The van der Waals surface area contributed by atoms with Crippen molar-refractivity contribution in [1.82, 2.24) is 9.21 Å². The Morgan fingerprint density at radius 2 is 1.81 bits per heavy atom. The van der Waals surface area contributed by atoms with Gasteiger partial charge in [-0.1, -0.05) is 5.57 Å². The lowest BCUT2D eigenvalue weighted by Gasteiger charge is -2.40. The lowest BCUT2D eigenvalue weighted by Crippen LogP contribution is -2.46. The summed E-state index contributed by atoms with van der Waals surface area (Å²) in [6, 6.07) is 0. The number of aliphatic hydroxyl groups excluding tert-OH is 1. The van der Waals surface area contributed by atoms with Gasteiger partial charge in [-0.15, -0.1) is 0 Å². The molecule has 2 saturated heterocycles. The van der Waals surface area contributed by atoms with Crippen LogP contribution < -0.4 is 0 Å². The van der Waals surface area contributed by atoms with Gasteiger partial charge in [0.2, 0.25) is 6.41 Å². The molecule has 0 aromatic heterocycles. The summed E-state index contributed by atoms with van der Waals surface area (Å²) < 4.78 is 48.9. The minimum absolute atomic E-state index is 0.0408. The Hall–Kier alpha value is -0.700. The standard InChI is InChI=1S/C19H29F3N2O2S/c1-12-9-14(24-11-27-24)10-15(19(20,21)22)16(12)13-5-7-23(8-6-13)17(25)26-18(2,3)4/h9,13,15,17,25H,5-8,10-11H2,1-4H3. The molecule has 2 heterocycles. The Morgan fingerprint density at radius 3 is 2.30 bits per heavy atom. The largest absolute Gasteiger partial charge is 0.395 e. The highest BCUT2D eigenvalue weighted by molar-refractivity contribution is 8.03. The first-order chi connectivity index (χ1) is 12.5. The van der Waals surface area contributed by atoms with Gasteiger partial charge in [-0.2, -0.15) is 13.2 Å². The zero-order valence-electron chi connectivity index (χ0n) is 16.3. The third kappa shape index (κ3) is 5.22. The minimum atomic E-state index is -4.23. The SMILES string of the molecule is CC1=C(C2CCN(C(O)OC(C)(C)C)CC2)C(C(F)(F)F)CC(N2CS2)=C1. The fraction of sp³-hybridized carbons (Fsp3) is 0.789. The Morgan fingerprint density at radius 1 is 1.22 bits per heavy atom. The zero-order valence-corrected chi connectivity index (χ0v) is 17.2. The summed E-state index contributed by atoms with van der Waals surface area (Å²) in [5.41, 5.74) is 1.62. The average molecular weight is 407 g/mol. The lowest BCUT2D eigenvalue weighted by molar-refractivity contribution is -0.243. The van der Waals surface area contributed by atoms with Crippen LogP contribution in [0.4, 0.5) is 13.2 Å². The van der Waals surface area contributed by atoms with Crippen molar-refractivity contribution in [3.05, 3.63) is 22.9 Å². The summed E-state index contributed by atoms with van der Waals surface area (Å²) >= 11 is 1.56. The molecule has 0 saturated carbocycles. The molecule has 0 aromatic carbocycles. The van der Waals surface area contributed by atoms with Crippen LogP contribution in [0.1, 0.15) is 47.0 Å². The molecule has 8 heteroatoms. The third-order valence-electron chi connectivity index (χ3n) is 5.34. The van der Waals surface area contributed by atoms with Crippen LogP contribution in [0, 0.1) is 11.8 Å². The molecular formula is C19H29F3N2O2S. The number of likely N-dealkylation sites (tertiary alicyclic amines) is 1. The van der Waals surface area contributed by atoms with Crippen molar-refractivity contribution in [2.75, 3.05) is 19.0 Å². The maximum atomic E-state index is 13.8. The molecule has 4 nitrogen and oxygen atoms in total. The molecule has 2 unspecified atom stereocenters. The molecule has 3 rings (SSSR count). The van der Waals surface area contributed by atoms with Crippen molar-refractivity contribution in [2.24, 2.45) is 11.8 Å². The molecule has 27 heavy (non-hydrogen) atoms. The van der Waals surface area contributed by atoms with Crippen molar-refractivity contribution in [3.63, 3.8) is 0 Å². The highest BCUT2D eigenvalue weighted by atomic mass is 32.2. The van der Waals surface area contributed by atoms with E-state index in [0.29, 0.717) is 31.5 Å². The van der Waals surface area contributed by atoms with Gasteiger partial charge >= 0.3 is 6.18 Å². The minimum Gasteiger partial charge on any atom is -0.356 e. The van der Waals surface area contributed by atoms with Crippen LogP contribution in [0.5, 0.6) is 0 Å². The number of allylic oxidation sites excluding steroid dienone is 4. The third-order valence-corrected chi connectivity index (χ3v) is 6.09. The summed E-state index contributed by atoms with van der Waals surface area (Å²) in [6.45, 7) is 8.47. The van der Waals surface area contributed by atoms with Crippen LogP contribution in [0.25, 0.3) is 0 Å². The van der Waals surface area contributed by atoms with Crippen molar-refractivity contribution in [1.29, 1.82) is 0 Å². The average Bonchev–Trinajstić information content (AvgIpc) is 3.36. The molecule has 0 spiro atoms. The summed E-state index contributed by atoms with van der Waals surface area (Å²) in [4.78, 5) is 1.80. The molecular weight excluding hydrogens is 377 g/mol. The van der Waals surface area contributed by atoms with E-state index < -0.39 is 24.1 Å². The van der Waals surface area contributed by atoms with E-state index in [1.54, 1.807) is 16.8 Å². The number of hydrogen-bond acceptors (Lipinski definition) is 5. The normalized spacial score (nSPS) is 27.0. The highest BCUT2D eigenvalue weighted by Gasteiger charge is 2.48. The van der Waals surface area contributed by atoms with Crippen LogP contribution in [-0.2, 0) is 4.74 Å². The maximum Gasteiger partial charge on any atom is 0.395 e. The molecule has 2 fully saturated rings. The van der Waals surface area contributed by atoms with Gasteiger partial charge in [0.15, 0.2) is 0 Å². The van der Waals surface area contributed by atoms with Gasteiger partial charge in [-0.3, -0.25) is 4.90 Å².